The van der Waals surface area contributed by atoms with Crippen molar-refractivity contribution in [3.8, 4) is 0 Å². The second kappa shape index (κ2) is 5.57. The van der Waals surface area contributed by atoms with Gasteiger partial charge in [-0.2, -0.15) is 0 Å². The van der Waals surface area contributed by atoms with E-state index in [9.17, 15) is 21.6 Å². The van der Waals surface area contributed by atoms with E-state index in [0.29, 0.717) is 16.6 Å². The van der Waals surface area contributed by atoms with Crippen molar-refractivity contribution in [3.05, 3.63) is 52.3 Å². The lowest BCUT2D eigenvalue weighted by Gasteiger charge is -2.11. The van der Waals surface area contributed by atoms with Gasteiger partial charge in [-0.25, -0.2) is 21.6 Å². The normalized spacial score (nSPS) is 11.4. The number of rotatable bonds is 3. The van der Waals surface area contributed by atoms with Crippen LogP contribution in [0.3, 0.4) is 0 Å². The van der Waals surface area contributed by atoms with E-state index >= 15 is 0 Å². The predicted molar refractivity (Wildman–Crippen MR) is 75.7 cm³/mol. The van der Waals surface area contributed by atoms with Gasteiger partial charge in [-0.15, -0.1) is 0 Å². The molecule has 9 heteroatoms. The third kappa shape index (κ3) is 3.30. The van der Waals surface area contributed by atoms with Gasteiger partial charge in [-0.05, 0) is 18.2 Å². The first-order valence-electron chi connectivity index (χ1n) is 5.43. The van der Waals surface area contributed by atoms with Gasteiger partial charge in [0.2, 0.25) is 0 Å². The molecule has 0 spiro atoms. The maximum Gasteiger partial charge on any atom is 0.264 e. The van der Waals surface area contributed by atoms with E-state index in [1.807, 2.05) is 0 Å². The molecule has 21 heavy (non-hydrogen) atoms. The summed E-state index contributed by atoms with van der Waals surface area (Å²) in [5, 5.41) is 0. The van der Waals surface area contributed by atoms with E-state index in [0.717, 1.165) is 0 Å². The van der Waals surface area contributed by atoms with Crippen LogP contribution in [0.5, 0.6) is 0 Å². The highest BCUT2D eigenvalue weighted by molar-refractivity contribution is 9.10. The van der Waals surface area contributed by atoms with E-state index < -0.39 is 33.2 Å². The molecule has 112 valence electrons. The fraction of sp³-hybridized carbons (Fsp3) is 0. The molecule has 3 N–H and O–H groups in total. The van der Waals surface area contributed by atoms with Crippen molar-refractivity contribution in [3.63, 3.8) is 0 Å². The van der Waals surface area contributed by atoms with Gasteiger partial charge in [0, 0.05) is 16.6 Å². The zero-order valence-electron chi connectivity index (χ0n) is 10.2. The predicted octanol–water partition coefficient (Wildman–Crippen LogP) is 3.25. The summed E-state index contributed by atoms with van der Waals surface area (Å²) in [4.78, 5) is -0.338. The van der Waals surface area contributed by atoms with Crippen LogP contribution in [0.2, 0.25) is 0 Å². The van der Waals surface area contributed by atoms with Gasteiger partial charge in [0.15, 0.2) is 11.6 Å². The average molecular weight is 381 g/mol. The summed E-state index contributed by atoms with van der Waals surface area (Å²) in [6, 6.07) is 4.76. The number of nitrogens with one attached hydrogen (secondary N) is 1. The van der Waals surface area contributed by atoms with Crippen molar-refractivity contribution < 1.29 is 21.6 Å². The summed E-state index contributed by atoms with van der Waals surface area (Å²) in [5.74, 6) is -4.12. The van der Waals surface area contributed by atoms with Crippen LogP contribution in [-0.2, 0) is 10.0 Å². The zero-order valence-corrected chi connectivity index (χ0v) is 12.6. The van der Waals surface area contributed by atoms with Crippen molar-refractivity contribution in [2.75, 3.05) is 10.5 Å². The molecular weight excluding hydrogens is 373 g/mol. The van der Waals surface area contributed by atoms with Crippen molar-refractivity contribution in [1.82, 2.24) is 0 Å². The van der Waals surface area contributed by atoms with Crippen molar-refractivity contribution in [2.45, 2.75) is 4.90 Å². The molecule has 0 amide bonds. The molecule has 2 aromatic rings. The van der Waals surface area contributed by atoms with Gasteiger partial charge in [-0.3, -0.25) is 4.72 Å². The van der Waals surface area contributed by atoms with Crippen molar-refractivity contribution in [1.29, 1.82) is 0 Å². The minimum Gasteiger partial charge on any atom is -0.398 e. The number of halogens is 4. The summed E-state index contributed by atoms with van der Waals surface area (Å²) >= 11 is 3.11. The van der Waals surface area contributed by atoms with Crippen LogP contribution in [0.1, 0.15) is 0 Å². The monoisotopic (exact) mass is 380 g/mol. The third-order valence-electron chi connectivity index (χ3n) is 2.50. The van der Waals surface area contributed by atoms with Gasteiger partial charge < -0.3 is 5.73 Å². The highest BCUT2D eigenvalue weighted by Crippen LogP contribution is 2.27. The molecule has 0 heterocycles. The molecule has 0 saturated heterocycles. The molecule has 0 bridgehead atoms. The van der Waals surface area contributed by atoms with Crippen LogP contribution in [-0.4, -0.2) is 8.42 Å². The number of hydrogen-bond donors (Lipinski definition) is 2. The smallest absolute Gasteiger partial charge is 0.264 e. The summed E-state index contributed by atoms with van der Waals surface area (Å²) in [6.07, 6.45) is 0. The lowest BCUT2D eigenvalue weighted by molar-refractivity contribution is 0.498. The molecule has 0 aliphatic carbocycles. The molecule has 0 saturated carbocycles. The first-order valence-corrected chi connectivity index (χ1v) is 7.71. The summed E-state index contributed by atoms with van der Waals surface area (Å²) in [7, 11) is -4.29. The Labute approximate surface area is 127 Å². The second-order valence-corrected chi connectivity index (χ2v) is 6.60. The minimum atomic E-state index is -4.29. The largest absolute Gasteiger partial charge is 0.398 e. The van der Waals surface area contributed by atoms with Gasteiger partial charge in [0.05, 0.1) is 11.4 Å². The molecule has 0 aliphatic rings. The van der Waals surface area contributed by atoms with E-state index in [1.165, 1.54) is 18.2 Å². The van der Waals surface area contributed by atoms with Crippen LogP contribution < -0.4 is 10.5 Å². The molecule has 0 radical (unpaired) electrons. The lowest BCUT2D eigenvalue weighted by atomic mass is 10.3. The number of nitrogen functional groups attached to an aromatic ring is 1. The Morgan fingerprint density at radius 1 is 1.10 bits per heavy atom. The van der Waals surface area contributed by atoms with Gasteiger partial charge >= 0.3 is 0 Å². The fourth-order valence-electron chi connectivity index (χ4n) is 1.59. The number of hydrogen-bond acceptors (Lipinski definition) is 3. The molecule has 0 unspecified atom stereocenters. The van der Waals surface area contributed by atoms with Crippen LogP contribution in [0, 0.1) is 17.5 Å². The molecule has 0 aromatic heterocycles. The lowest BCUT2D eigenvalue weighted by Crippen LogP contribution is -2.16. The zero-order chi connectivity index (χ0) is 15.8. The number of anilines is 2. The minimum absolute atomic E-state index is 0.103. The molecule has 4 nitrogen and oxygen atoms in total. The SMILES string of the molecule is Nc1cc(Br)ccc1S(=O)(=O)Nc1cc(F)cc(F)c1F. The summed E-state index contributed by atoms with van der Waals surface area (Å²) < 4.78 is 66.1. The van der Waals surface area contributed by atoms with Crippen molar-refractivity contribution in [2.24, 2.45) is 0 Å². The van der Waals surface area contributed by atoms with Gasteiger partial charge in [0.1, 0.15) is 10.7 Å². The Morgan fingerprint density at radius 2 is 1.76 bits per heavy atom. The molecule has 0 aliphatic heterocycles. The Balaban J connectivity index is 2.47. The fourth-order valence-corrected chi connectivity index (χ4v) is 3.14. The topological polar surface area (TPSA) is 72.2 Å². The average Bonchev–Trinajstić information content (AvgIpc) is 2.34. The quantitative estimate of drug-likeness (QED) is 0.634. The van der Waals surface area contributed by atoms with E-state index in [2.05, 4.69) is 15.9 Å². The highest BCUT2D eigenvalue weighted by Gasteiger charge is 2.21. The summed E-state index contributed by atoms with van der Waals surface area (Å²) in [6.45, 7) is 0. The third-order valence-corrected chi connectivity index (χ3v) is 4.43. The molecule has 2 aromatic carbocycles. The number of nitrogens with two attached hydrogens (primary N) is 1. The molecule has 2 rings (SSSR count). The maximum absolute atomic E-state index is 13.5. The molecule has 0 fully saturated rings. The van der Waals surface area contributed by atoms with E-state index in [-0.39, 0.29) is 10.6 Å². The number of benzene rings is 2. The van der Waals surface area contributed by atoms with Crippen LogP contribution in [0.4, 0.5) is 24.5 Å². The Bertz CT molecular complexity index is 812. The van der Waals surface area contributed by atoms with Crippen molar-refractivity contribution >= 4 is 37.3 Å². The Kier molecular flexibility index (Phi) is 4.15. The molecular formula is C12H8BrF3N2O2S. The maximum atomic E-state index is 13.5. The second-order valence-electron chi connectivity index (χ2n) is 4.04. The standard InChI is InChI=1S/C12H8BrF3N2O2S/c13-6-1-2-11(9(17)3-6)21(19,20)18-10-5-7(14)4-8(15)12(10)16/h1-5,18H,17H2. The summed E-state index contributed by atoms with van der Waals surface area (Å²) in [5.41, 5.74) is 4.63. The Hall–Kier alpha value is -1.74. The highest BCUT2D eigenvalue weighted by atomic mass is 79.9. The van der Waals surface area contributed by atoms with E-state index in [4.69, 9.17) is 5.73 Å². The number of sulfonamides is 1. The first kappa shape index (κ1) is 15.6. The molecule has 0 atom stereocenters. The van der Waals surface area contributed by atoms with Gasteiger partial charge in [0.25, 0.3) is 10.0 Å². The van der Waals surface area contributed by atoms with Crippen LogP contribution in [0.25, 0.3) is 0 Å². The Morgan fingerprint density at radius 3 is 2.38 bits per heavy atom. The first-order chi connectivity index (χ1) is 9.70. The van der Waals surface area contributed by atoms with E-state index in [1.54, 1.807) is 4.72 Å². The van der Waals surface area contributed by atoms with Crippen LogP contribution >= 0.6 is 15.9 Å². The van der Waals surface area contributed by atoms with Gasteiger partial charge in [-0.1, -0.05) is 15.9 Å². The van der Waals surface area contributed by atoms with Crippen LogP contribution in [0.15, 0.2) is 39.7 Å².